The SMILES string of the molecule is Cn1ncc2c(N)nc(NCc3cccc(NC(=O)C4CCC4)c3)nc21. The average Bonchev–Trinajstić information content (AvgIpc) is 2.93. The van der Waals surface area contributed by atoms with Gasteiger partial charge in [0.15, 0.2) is 5.65 Å². The Hall–Kier alpha value is -3.16. The van der Waals surface area contributed by atoms with E-state index in [0.717, 1.165) is 35.9 Å². The highest BCUT2D eigenvalue weighted by atomic mass is 16.1. The van der Waals surface area contributed by atoms with E-state index in [-0.39, 0.29) is 11.8 Å². The normalized spacial score (nSPS) is 14.2. The molecule has 0 unspecified atom stereocenters. The molecular formula is C18H21N7O. The molecule has 0 atom stereocenters. The van der Waals surface area contributed by atoms with Gasteiger partial charge in [0.1, 0.15) is 5.82 Å². The maximum absolute atomic E-state index is 12.1. The lowest BCUT2D eigenvalue weighted by molar-refractivity contribution is -0.122. The van der Waals surface area contributed by atoms with Crippen LogP contribution in [0.3, 0.4) is 0 Å². The third-order valence-electron chi connectivity index (χ3n) is 4.74. The zero-order valence-electron chi connectivity index (χ0n) is 14.6. The van der Waals surface area contributed by atoms with Crippen LogP contribution in [0.4, 0.5) is 17.5 Å². The second-order valence-corrected chi connectivity index (χ2v) is 6.61. The van der Waals surface area contributed by atoms with Crippen molar-refractivity contribution in [2.24, 2.45) is 13.0 Å². The molecule has 4 rings (SSSR count). The van der Waals surface area contributed by atoms with Crippen LogP contribution in [0.15, 0.2) is 30.5 Å². The van der Waals surface area contributed by atoms with Crippen LogP contribution in [-0.4, -0.2) is 25.7 Å². The Morgan fingerprint density at radius 1 is 1.35 bits per heavy atom. The number of rotatable bonds is 5. The van der Waals surface area contributed by atoms with Crippen molar-refractivity contribution >= 4 is 34.4 Å². The number of nitrogens with one attached hydrogen (secondary N) is 2. The summed E-state index contributed by atoms with van der Waals surface area (Å²) < 4.78 is 1.66. The summed E-state index contributed by atoms with van der Waals surface area (Å²) in [6, 6.07) is 7.76. The van der Waals surface area contributed by atoms with Gasteiger partial charge in [-0.05, 0) is 30.5 Å². The Morgan fingerprint density at radius 2 is 2.19 bits per heavy atom. The van der Waals surface area contributed by atoms with Crippen LogP contribution < -0.4 is 16.4 Å². The Labute approximate surface area is 150 Å². The topological polar surface area (TPSA) is 111 Å². The van der Waals surface area contributed by atoms with Gasteiger partial charge in [-0.2, -0.15) is 15.1 Å². The lowest BCUT2D eigenvalue weighted by atomic mass is 9.85. The highest BCUT2D eigenvalue weighted by molar-refractivity contribution is 5.93. The molecule has 8 nitrogen and oxygen atoms in total. The number of anilines is 3. The molecule has 1 aromatic carbocycles. The van der Waals surface area contributed by atoms with Crippen molar-refractivity contribution in [3.05, 3.63) is 36.0 Å². The molecule has 3 aromatic rings. The Morgan fingerprint density at radius 3 is 2.96 bits per heavy atom. The minimum Gasteiger partial charge on any atom is -0.383 e. The van der Waals surface area contributed by atoms with Gasteiger partial charge in [-0.25, -0.2) is 0 Å². The Kier molecular flexibility index (Phi) is 4.16. The Balaban J connectivity index is 1.45. The number of hydrogen-bond donors (Lipinski definition) is 3. The molecule has 1 saturated carbocycles. The predicted octanol–water partition coefficient (Wildman–Crippen LogP) is 2.30. The fraction of sp³-hybridized carbons (Fsp3) is 0.333. The first-order chi connectivity index (χ1) is 12.6. The number of aryl methyl sites for hydroxylation is 1. The van der Waals surface area contributed by atoms with Gasteiger partial charge in [-0.1, -0.05) is 18.6 Å². The molecule has 0 aliphatic heterocycles. The first-order valence-electron chi connectivity index (χ1n) is 8.69. The zero-order chi connectivity index (χ0) is 18.1. The summed E-state index contributed by atoms with van der Waals surface area (Å²) >= 11 is 0. The van der Waals surface area contributed by atoms with Crippen molar-refractivity contribution in [3.63, 3.8) is 0 Å². The smallest absolute Gasteiger partial charge is 0.227 e. The third kappa shape index (κ3) is 3.17. The van der Waals surface area contributed by atoms with Gasteiger partial charge in [0.05, 0.1) is 11.6 Å². The van der Waals surface area contributed by atoms with Crippen LogP contribution in [0.1, 0.15) is 24.8 Å². The van der Waals surface area contributed by atoms with Crippen LogP contribution in [0.2, 0.25) is 0 Å². The number of carbonyl (C=O) groups excluding carboxylic acids is 1. The number of nitrogens with zero attached hydrogens (tertiary/aromatic N) is 4. The van der Waals surface area contributed by atoms with Gasteiger partial charge in [0.2, 0.25) is 11.9 Å². The van der Waals surface area contributed by atoms with E-state index < -0.39 is 0 Å². The Bertz CT molecular complexity index is 961. The van der Waals surface area contributed by atoms with Crippen molar-refractivity contribution in [2.45, 2.75) is 25.8 Å². The molecule has 0 saturated heterocycles. The second kappa shape index (κ2) is 6.62. The van der Waals surface area contributed by atoms with Gasteiger partial charge in [-0.15, -0.1) is 0 Å². The summed E-state index contributed by atoms with van der Waals surface area (Å²) in [6.07, 6.45) is 4.78. The van der Waals surface area contributed by atoms with Gasteiger partial charge in [-0.3, -0.25) is 9.48 Å². The molecule has 1 fully saturated rings. The summed E-state index contributed by atoms with van der Waals surface area (Å²) in [7, 11) is 1.81. The van der Waals surface area contributed by atoms with Crippen LogP contribution in [0.25, 0.3) is 11.0 Å². The van der Waals surface area contributed by atoms with E-state index in [1.54, 1.807) is 10.9 Å². The fourth-order valence-electron chi connectivity index (χ4n) is 2.98. The van der Waals surface area contributed by atoms with Crippen LogP contribution in [0.5, 0.6) is 0 Å². The monoisotopic (exact) mass is 351 g/mol. The maximum atomic E-state index is 12.1. The molecule has 2 aromatic heterocycles. The van der Waals surface area contributed by atoms with Crippen LogP contribution in [0, 0.1) is 5.92 Å². The first-order valence-corrected chi connectivity index (χ1v) is 8.69. The number of benzene rings is 1. The van der Waals surface area contributed by atoms with Crippen LogP contribution >= 0.6 is 0 Å². The van der Waals surface area contributed by atoms with E-state index in [0.29, 0.717) is 24.0 Å². The van der Waals surface area contributed by atoms with Gasteiger partial charge < -0.3 is 16.4 Å². The minimum atomic E-state index is 0.110. The van der Waals surface area contributed by atoms with E-state index in [1.165, 1.54) is 0 Å². The summed E-state index contributed by atoms with van der Waals surface area (Å²) in [5.41, 5.74) is 8.48. The average molecular weight is 351 g/mol. The van der Waals surface area contributed by atoms with E-state index in [2.05, 4.69) is 25.7 Å². The molecule has 1 aliphatic carbocycles. The van der Waals surface area contributed by atoms with Crippen molar-refractivity contribution < 1.29 is 4.79 Å². The van der Waals surface area contributed by atoms with E-state index in [1.807, 2.05) is 31.3 Å². The molecule has 2 heterocycles. The van der Waals surface area contributed by atoms with E-state index in [9.17, 15) is 4.79 Å². The molecule has 4 N–H and O–H groups in total. The van der Waals surface area contributed by atoms with Gasteiger partial charge in [0, 0.05) is 25.2 Å². The quantitative estimate of drug-likeness (QED) is 0.650. The molecule has 0 bridgehead atoms. The highest BCUT2D eigenvalue weighted by Gasteiger charge is 2.25. The summed E-state index contributed by atoms with van der Waals surface area (Å²) in [4.78, 5) is 20.8. The van der Waals surface area contributed by atoms with Crippen molar-refractivity contribution in [2.75, 3.05) is 16.4 Å². The molecular weight excluding hydrogens is 330 g/mol. The largest absolute Gasteiger partial charge is 0.383 e. The van der Waals surface area contributed by atoms with E-state index >= 15 is 0 Å². The molecule has 0 spiro atoms. The summed E-state index contributed by atoms with van der Waals surface area (Å²) in [6.45, 7) is 0.524. The molecule has 1 amide bonds. The number of carbonyl (C=O) groups is 1. The number of aromatic nitrogens is 4. The minimum absolute atomic E-state index is 0.110. The lowest BCUT2D eigenvalue weighted by Crippen LogP contribution is -2.28. The van der Waals surface area contributed by atoms with Crippen molar-refractivity contribution in [3.8, 4) is 0 Å². The van der Waals surface area contributed by atoms with Gasteiger partial charge in [0.25, 0.3) is 0 Å². The number of nitrogen functional groups attached to an aromatic ring is 1. The standard InChI is InChI=1S/C18H21N7O/c1-25-16-14(10-21-25)15(19)23-18(24-16)20-9-11-4-2-7-13(8-11)22-17(26)12-5-3-6-12/h2,4,7-8,10,12H,3,5-6,9H2,1H3,(H,22,26)(H3,19,20,23,24). The number of nitrogens with two attached hydrogens (primary N) is 1. The predicted molar refractivity (Wildman–Crippen MR) is 100 cm³/mol. The molecule has 1 aliphatic rings. The zero-order valence-corrected chi connectivity index (χ0v) is 14.6. The third-order valence-corrected chi connectivity index (χ3v) is 4.74. The van der Waals surface area contributed by atoms with E-state index in [4.69, 9.17) is 5.73 Å². The molecule has 134 valence electrons. The number of amides is 1. The van der Waals surface area contributed by atoms with Gasteiger partial charge >= 0.3 is 0 Å². The number of fused-ring (bicyclic) bond motifs is 1. The molecule has 0 radical (unpaired) electrons. The fourth-order valence-corrected chi connectivity index (χ4v) is 2.98. The highest BCUT2D eigenvalue weighted by Crippen LogP contribution is 2.27. The van der Waals surface area contributed by atoms with Crippen molar-refractivity contribution in [1.29, 1.82) is 0 Å². The summed E-state index contributed by atoms with van der Waals surface area (Å²) in [5.74, 6) is 1.12. The molecule has 8 heteroatoms. The van der Waals surface area contributed by atoms with Crippen LogP contribution in [-0.2, 0) is 18.4 Å². The maximum Gasteiger partial charge on any atom is 0.227 e. The van der Waals surface area contributed by atoms with Crippen molar-refractivity contribution in [1.82, 2.24) is 19.7 Å². The first kappa shape index (κ1) is 16.3. The number of hydrogen-bond acceptors (Lipinski definition) is 6. The lowest BCUT2D eigenvalue weighted by Gasteiger charge is -2.24. The second-order valence-electron chi connectivity index (χ2n) is 6.61. The molecule has 26 heavy (non-hydrogen) atoms. The summed E-state index contributed by atoms with van der Waals surface area (Å²) in [5, 5.41) is 11.1.